The molecule has 1 fully saturated rings. The summed E-state index contributed by atoms with van der Waals surface area (Å²) in [7, 11) is 0. The van der Waals surface area contributed by atoms with Crippen molar-refractivity contribution in [1.29, 1.82) is 0 Å². The molecule has 0 spiro atoms. The first kappa shape index (κ1) is 17.0. The molecule has 0 atom stereocenters. The predicted molar refractivity (Wildman–Crippen MR) is 78.1 cm³/mol. The zero-order valence-corrected chi connectivity index (χ0v) is 12.7. The van der Waals surface area contributed by atoms with E-state index in [2.05, 4.69) is 5.32 Å². The van der Waals surface area contributed by atoms with Crippen LogP contribution in [0.4, 0.5) is 0 Å². The Morgan fingerprint density at radius 3 is 2.20 bits per heavy atom. The van der Waals surface area contributed by atoms with Gasteiger partial charge in [0.15, 0.2) is 0 Å². The van der Waals surface area contributed by atoms with E-state index in [0.29, 0.717) is 25.4 Å². The Kier molecular flexibility index (Phi) is 7.59. The third kappa shape index (κ3) is 5.49. The Labute approximate surface area is 121 Å². The van der Waals surface area contributed by atoms with Gasteiger partial charge in [0, 0.05) is 38.6 Å². The van der Waals surface area contributed by atoms with Crippen molar-refractivity contribution < 1.29 is 14.7 Å². The minimum absolute atomic E-state index is 0.0297. The van der Waals surface area contributed by atoms with Crippen LogP contribution in [0.2, 0.25) is 0 Å². The summed E-state index contributed by atoms with van der Waals surface area (Å²) >= 11 is 0. The van der Waals surface area contributed by atoms with Crippen LogP contribution in [0, 0.1) is 5.92 Å². The minimum atomic E-state index is -0.0297. The molecule has 5 heteroatoms. The van der Waals surface area contributed by atoms with Crippen molar-refractivity contribution in [3.63, 3.8) is 0 Å². The van der Waals surface area contributed by atoms with Gasteiger partial charge in [0.1, 0.15) is 0 Å². The highest BCUT2D eigenvalue weighted by atomic mass is 16.3. The highest BCUT2D eigenvalue weighted by Crippen LogP contribution is 2.23. The van der Waals surface area contributed by atoms with Gasteiger partial charge in [-0.2, -0.15) is 0 Å². The topological polar surface area (TPSA) is 69.6 Å². The summed E-state index contributed by atoms with van der Waals surface area (Å²) < 4.78 is 0. The lowest BCUT2D eigenvalue weighted by molar-refractivity contribution is -0.133. The second-order valence-electron chi connectivity index (χ2n) is 5.53. The first-order chi connectivity index (χ1) is 9.60. The van der Waals surface area contributed by atoms with E-state index in [1.165, 1.54) is 0 Å². The van der Waals surface area contributed by atoms with Crippen LogP contribution in [-0.4, -0.2) is 47.6 Å². The van der Waals surface area contributed by atoms with Gasteiger partial charge in [0.25, 0.3) is 0 Å². The maximum absolute atomic E-state index is 11.8. The monoisotopic (exact) mass is 284 g/mol. The van der Waals surface area contributed by atoms with Crippen molar-refractivity contribution in [2.45, 2.75) is 58.4 Å². The van der Waals surface area contributed by atoms with Crippen LogP contribution in [0.3, 0.4) is 0 Å². The number of nitrogens with one attached hydrogen (secondary N) is 1. The molecule has 2 amide bonds. The number of aliphatic hydroxyl groups is 1. The van der Waals surface area contributed by atoms with Gasteiger partial charge < -0.3 is 15.3 Å². The van der Waals surface area contributed by atoms with Gasteiger partial charge in [-0.1, -0.05) is 0 Å². The molecule has 0 bridgehead atoms. The summed E-state index contributed by atoms with van der Waals surface area (Å²) in [5.74, 6) is 0.416. The zero-order valence-electron chi connectivity index (χ0n) is 12.7. The third-order valence-electron chi connectivity index (χ3n) is 4.15. The molecule has 0 radical (unpaired) electrons. The number of rotatable bonds is 7. The molecule has 0 aliphatic heterocycles. The van der Waals surface area contributed by atoms with Crippen LogP contribution in [-0.2, 0) is 9.59 Å². The van der Waals surface area contributed by atoms with Crippen molar-refractivity contribution in [2.75, 3.05) is 19.7 Å². The predicted octanol–water partition coefficient (Wildman–Crippen LogP) is 1.30. The fourth-order valence-electron chi connectivity index (χ4n) is 2.74. The number of amides is 2. The van der Waals surface area contributed by atoms with Gasteiger partial charge in [-0.15, -0.1) is 0 Å². The summed E-state index contributed by atoms with van der Waals surface area (Å²) in [5.41, 5.74) is 0. The van der Waals surface area contributed by atoms with E-state index in [-0.39, 0.29) is 30.9 Å². The fraction of sp³-hybridized carbons (Fsp3) is 0.867. The molecule has 2 N–H and O–H groups in total. The second-order valence-corrected chi connectivity index (χ2v) is 5.53. The largest absolute Gasteiger partial charge is 0.396 e. The lowest BCUT2D eigenvalue weighted by Gasteiger charge is -2.28. The quantitative estimate of drug-likeness (QED) is 0.740. The summed E-state index contributed by atoms with van der Waals surface area (Å²) in [5, 5.41) is 12.1. The molecule has 5 nitrogen and oxygen atoms in total. The van der Waals surface area contributed by atoms with Crippen molar-refractivity contribution in [3.05, 3.63) is 0 Å². The van der Waals surface area contributed by atoms with Gasteiger partial charge in [-0.25, -0.2) is 0 Å². The molecular weight excluding hydrogens is 256 g/mol. The molecule has 0 saturated heterocycles. The Morgan fingerprint density at radius 1 is 1.10 bits per heavy atom. The minimum Gasteiger partial charge on any atom is -0.396 e. The number of carbonyl (C=O) groups excluding carboxylic acids is 2. The van der Waals surface area contributed by atoms with E-state index >= 15 is 0 Å². The highest BCUT2D eigenvalue weighted by molar-refractivity contribution is 5.83. The van der Waals surface area contributed by atoms with E-state index in [4.69, 9.17) is 5.11 Å². The highest BCUT2D eigenvalue weighted by Gasteiger charge is 2.22. The Bertz CT molecular complexity index is 308. The van der Waals surface area contributed by atoms with Gasteiger partial charge in [0.2, 0.25) is 11.8 Å². The SMILES string of the molecule is CCN(CC)C(=O)CCC(=O)NC1CCC(CO)CC1. The van der Waals surface area contributed by atoms with Gasteiger partial charge >= 0.3 is 0 Å². The average molecular weight is 284 g/mol. The number of hydrogen-bond donors (Lipinski definition) is 2. The Morgan fingerprint density at radius 2 is 1.70 bits per heavy atom. The van der Waals surface area contributed by atoms with Gasteiger partial charge in [-0.3, -0.25) is 9.59 Å². The molecule has 1 aliphatic carbocycles. The van der Waals surface area contributed by atoms with Gasteiger partial charge in [0.05, 0.1) is 0 Å². The van der Waals surface area contributed by atoms with Crippen LogP contribution in [0.25, 0.3) is 0 Å². The van der Waals surface area contributed by atoms with Gasteiger partial charge in [-0.05, 0) is 45.4 Å². The van der Waals surface area contributed by atoms with Crippen molar-refractivity contribution in [2.24, 2.45) is 5.92 Å². The van der Waals surface area contributed by atoms with E-state index < -0.39 is 0 Å². The summed E-state index contributed by atoms with van der Waals surface area (Å²) in [6.07, 6.45) is 4.37. The molecule has 1 aliphatic rings. The third-order valence-corrected chi connectivity index (χ3v) is 4.15. The standard InChI is InChI=1S/C15H28N2O3/c1-3-17(4-2)15(20)10-9-14(19)16-13-7-5-12(11-18)6-8-13/h12-13,18H,3-11H2,1-2H3,(H,16,19). The Hall–Kier alpha value is -1.10. The molecule has 0 aromatic carbocycles. The Balaban J connectivity index is 2.22. The maximum atomic E-state index is 11.8. The van der Waals surface area contributed by atoms with E-state index in [9.17, 15) is 9.59 Å². The summed E-state index contributed by atoms with van der Waals surface area (Å²) in [6.45, 7) is 5.53. The summed E-state index contributed by atoms with van der Waals surface area (Å²) in [6, 6.07) is 0.217. The van der Waals surface area contributed by atoms with Crippen LogP contribution in [0.5, 0.6) is 0 Å². The lowest BCUT2D eigenvalue weighted by Crippen LogP contribution is -2.39. The van der Waals surface area contributed by atoms with Crippen LogP contribution < -0.4 is 5.32 Å². The van der Waals surface area contributed by atoms with Crippen molar-refractivity contribution in [1.82, 2.24) is 10.2 Å². The molecule has 116 valence electrons. The first-order valence-corrected chi connectivity index (χ1v) is 7.78. The van der Waals surface area contributed by atoms with Crippen LogP contribution in [0.1, 0.15) is 52.4 Å². The number of nitrogens with zero attached hydrogens (tertiary/aromatic N) is 1. The normalized spacial score (nSPS) is 22.4. The second kappa shape index (κ2) is 8.95. The van der Waals surface area contributed by atoms with E-state index in [1.54, 1.807) is 4.90 Å². The average Bonchev–Trinajstić information content (AvgIpc) is 2.47. The molecular formula is C15H28N2O3. The number of aliphatic hydroxyl groups excluding tert-OH is 1. The zero-order chi connectivity index (χ0) is 15.0. The molecule has 0 aromatic heterocycles. The fourth-order valence-corrected chi connectivity index (χ4v) is 2.74. The maximum Gasteiger partial charge on any atom is 0.223 e. The number of carbonyl (C=O) groups is 2. The smallest absolute Gasteiger partial charge is 0.223 e. The summed E-state index contributed by atoms with van der Waals surface area (Å²) in [4.78, 5) is 25.4. The number of hydrogen-bond acceptors (Lipinski definition) is 3. The van der Waals surface area contributed by atoms with E-state index in [0.717, 1.165) is 25.7 Å². The van der Waals surface area contributed by atoms with Crippen molar-refractivity contribution in [3.8, 4) is 0 Å². The van der Waals surface area contributed by atoms with Crippen molar-refractivity contribution >= 4 is 11.8 Å². The molecule has 20 heavy (non-hydrogen) atoms. The van der Waals surface area contributed by atoms with Crippen LogP contribution >= 0.6 is 0 Å². The lowest BCUT2D eigenvalue weighted by atomic mass is 9.86. The van der Waals surface area contributed by atoms with Crippen LogP contribution in [0.15, 0.2) is 0 Å². The first-order valence-electron chi connectivity index (χ1n) is 7.78. The molecule has 1 saturated carbocycles. The molecule has 0 unspecified atom stereocenters. The molecule has 0 aromatic rings. The molecule has 1 rings (SSSR count). The van der Waals surface area contributed by atoms with E-state index in [1.807, 2.05) is 13.8 Å². The molecule has 0 heterocycles.